The first kappa shape index (κ1) is 13.8. The summed E-state index contributed by atoms with van der Waals surface area (Å²) in [5.41, 5.74) is 3.97. The molecule has 1 aromatic rings. The zero-order valence-electron chi connectivity index (χ0n) is 11.3. The molecule has 0 radical (unpaired) electrons. The van der Waals surface area contributed by atoms with E-state index in [9.17, 15) is 8.42 Å². The second-order valence-corrected chi connectivity index (χ2v) is 6.31. The van der Waals surface area contributed by atoms with Crippen molar-refractivity contribution in [3.05, 3.63) is 41.0 Å². The highest BCUT2D eigenvalue weighted by Gasteiger charge is 2.19. The van der Waals surface area contributed by atoms with Gasteiger partial charge in [-0.3, -0.25) is 4.28 Å². The molecule has 0 heterocycles. The van der Waals surface area contributed by atoms with Gasteiger partial charge in [0.15, 0.2) is 0 Å². The Bertz CT molecular complexity index is 640. The van der Waals surface area contributed by atoms with Crippen molar-refractivity contribution in [2.45, 2.75) is 38.5 Å². The van der Waals surface area contributed by atoms with Gasteiger partial charge in [-0.1, -0.05) is 28.4 Å². The average Bonchev–Trinajstić information content (AvgIpc) is 2.68. The third kappa shape index (κ3) is 3.04. The maximum Gasteiger partial charge on any atom is 0.358 e. The molecule has 0 saturated heterocycles. The summed E-state index contributed by atoms with van der Waals surface area (Å²) >= 11 is 0. The van der Waals surface area contributed by atoms with Crippen LogP contribution in [0.2, 0.25) is 0 Å². The lowest BCUT2D eigenvalue weighted by molar-refractivity contribution is 0.338. The van der Waals surface area contributed by atoms with Crippen LogP contribution >= 0.6 is 0 Å². The lowest BCUT2D eigenvalue weighted by atomic mass is 10.2. The van der Waals surface area contributed by atoms with Gasteiger partial charge in [0.05, 0.1) is 5.71 Å². The number of allylic oxidation sites excluding steroid dienone is 2. The summed E-state index contributed by atoms with van der Waals surface area (Å²) in [6.45, 7) is 5.85. The highest BCUT2D eigenvalue weighted by Crippen LogP contribution is 2.23. The van der Waals surface area contributed by atoms with E-state index in [1.165, 1.54) is 17.7 Å². The van der Waals surface area contributed by atoms with Gasteiger partial charge in [-0.25, -0.2) is 0 Å². The average molecular weight is 279 g/mol. The van der Waals surface area contributed by atoms with Crippen molar-refractivity contribution in [2.75, 3.05) is 0 Å². The Balaban J connectivity index is 2.19. The van der Waals surface area contributed by atoms with E-state index in [1.54, 1.807) is 12.1 Å². The first-order valence-corrected chi connectivity index (χ1v) is 7.55. The molecule has 0 aromatic heterocycles. The van der Waals surface area contributed by atoms with Gasteiger partial charge in [0.2, 0.25) is 0 Å². The molecule has 0 aliphatic heterocycles. The van der Waals surface area contributed by atoms with Gasteiger partial charge in [0.25, 0.3) is 0 Å². The van der Waals surface area contributed by atoms with Crippen LogP contribution in [0.25, 0.3) is 0 Å². The van der Waals surface area contributed by atoms with Crippen LogP contribution in [0.3, 0.4) is 0 Å². The molecule has 0 spiro atoms. The molecule has 4 nitrogen and oxygen atoms in total. The second kappa shape index (κ2) is 5.17. The zero-order chi connectivity index (χ0) is 14.0. The number of nitrogens with zero attached hydrogens (tertiary/aromatic N) is 1. The van der Waals surface area contributed by atoms with E-state index in [0.717, 1.165) is 24.0 Å². The first-order chi connectivity index (χ1) is 8.90. The number of benzene rings is 1. The van der Waals surface area contributed by atoms with E-state index in [0.29, 0.717) is 5.71 Å². The minimum absolute atomic E-state index is 0.124. The van der Waals surface area contributed by atoms with Gasteiger partial charge in [-0.05, 0) is 51.3 Å². The van der Waals surface area contributed by atoms with E-state index in [1.807, 2.05) is 20.8 Å². The first-order valence-electron chi connectivity index (χ1n) is 6.14. The zero-order valence-corrected chi connectivity index (χ0v) is 12.1. The molecule has 2 rings (SSSR count). The minimum Gasteiger partial charge on any atom is -0.265 e. The summed E-state index contributed by atoms with van der Waals surface area (Å²) in [7, 11) is -3.82. The molecule has 0 N–H and O–H groups in total. The van der Waals surface area contributed by atoms with E-state index in [-0.39, 0.29) is 4.90 Å². The topological polar surface area (TPSA) is 55.7 Å². The van der Waals surface area contributed by atoms with E-state index in [4.69, 9.17) is 4.28 Å². The van der Waals surface area contributed by atoms with Gasteiger partial charge in [-0.15, -0.1) is 0 Å². The SMILES string of the molecule is CC1=C(C)/C(=N\OS(=O)(=O)c2ccc(C)cc2)CC1. The highest BCUT2D eigenvalue weighted by molar-refractivity contribution is 7.86. The van der Waals surface area contributed by atoms with Crippen LogP contribution in [-0.4, -0.2) is 14.1 Å². The van der Waals surface area contributed by atoms with Crippen LogP contribution in [0.4, 0.5) is 0 Å². The smallest absolute Gasteiger partial charge is 0.265 e. The van der Waals surface area contributed by atoms with Gasteiger partial charge in [0, 0.05) is 0 Å². The monoisotopic (exact) mass is 279 g/mol. The minimum atomic E-state index is -3.82. The number of aryl methyl sites for hydroxylation is 1. The molecule has 5 heteroatoms. The Morgan fingerprint density at radius 3 is 2.21 bits per heavy atom. The summed E-state index contributed by atoms with van der Waals surface area (Å²) < 4.78 is 28.7. The van der Waals surface area contributed by atoms with Crippen molar-refractivity contribution in [1.82, 2.24) is 0 Å². The van der Waals surface area contributed by atoms with Gasteiger partial charge in [0.1, 0.15) is 4.90 Å². The van der Waals surface area contributed by atoms with E-state index in [2.05, 4.69) is 5.16 Å². The van der Waals surface area contributed by atoms with Crippen molar-refractivity contribution in [3.8, 4) is 0 Å². The molecule has 1 aliphatic rings. The number of hydrogen-bond acceptors (Lipinski definition) is 4. The molecule has 0 bridgehead atoms. The number of rotatable bonds is 3. The quantitative estimate of drug-likeness (QED) is 0.798. The van der Waals surface area contributed by atoms with Crippen molar-refractivity contribution in [3.63, 3.8) is 0 Å². The van der Waals surface area contributed by atoms with Crippen molar-refractivity contribution >= 4 is 15.8 Å². The van der Waals surface area contributed by atoms with Crippen LogP contribution in [-0.2, 0) is 14.4 Å². The summed E-state index contributed by atoms with van der Waals surface area (Å²) in [4.78, 5) is 0.124. The van der Waals surface area contributed by atoms with Crippen molar-refractivity contribution in [2.24, 2.45) is 5.16 Å². The number of hydrogen-bond donors (Lipinski definition) is 0. The van der Waals surface area contributed by atoms with Crippen LogP contribution in [0.15, 0.2) is 45.5 Å². The van der Waals surface area contributed by atoms with Gasteiger partial charge >= 0.3 is 10.1 Å². The second-order valence-electron chi connectivity index (χ2n) is 4.79. The molecule has 1 aliphatic carbocycles. The predicted octanol–water partition coefficient (Wildman–Crippen LogP) is 3.19. The lowest BCUT2D eigenvalue weighted by Crippen LogP contribution is -2.05. The summed E-state index contributed by atoms with van der Waals surface area (Å²) in [6, 6.07) is 6.50. The fraction of sp³-hybridized carbons (Fsp3) is 0.357. The maximum absolute atomic E-state index is 11.9. The van der Waals surface area contributed by atoms with Crippen LogP contribution in [0.1, 0.15) is 32.3 Å². The molecular weight excluding hydrogens is 262 g/mol. The van der Waals surface area contributed by atoms with Crippen LogP contribution < -0.4 is 0 Å². The fourth-order valence-electron chi connectivity index (χ4n) is 1.88. The molecule has 0 fully saturated rings. The summed E-state index contributed by atoms with van der Waals surface area (Å²) in [5, 5.41) is 3.80. The van der Waals surface area contributed by atoms with Crippen LogP contribution in [0, 0.1) is 6.92 Å². The van der Waals surface area contributed by atoms with Gasteiger partial charge in [-0.2, -0.15) is 8.42 Å². The summed E-state index contributed by atoms with van der Waals surface area (Å²) in [6.07, 6.45) is 1.65. The molecule has 19 heavy (non-hydrogen) atoms. The lowest BCUT2D eigenvalue weighted by Gasteiger charge is -2.03. The van der Waals surface area contributed by atoms with Crippen LogP contribution in [0.5, 0.6) is 0 Å². The molecule has 0 unspecified atom stereocenters. The Hall–Kier alpha value is -1.62. The van der Waals surface area contributed by atoms with Gasteiger partial charge < -0.3 is 0 Å². The molecule has 0 atom stereocenters. The van der Waals surface area contributed by atoms with E-state index < -0.39 is 10.1 Å². The largest absolute Gasteiger partial charge is 0.358 e. The molecule has 0 amide bonds. The Kier molecular flexibility index (Phi) is 3.75. The normalized spacial score (nSPS) is 18.2. The number of oxime groups is 1. The Morgan fingerprint density at radius 1 is 1.05 bits per heavy atom. The maximum atomic E-state index is 11.9. The molecular formula is C14H17NO3S. The summed E-state index contributed by atoms with van der Waals surface area (Å²) in [5.74, 6) is 0. The Labute approximate surface area is 113 Å². The fourth-order valence-corrected chi connectivity index (χ4v) is 2.63. The van der Waals surface area contributed by atoms with E-state index >= 15 is 0 Å². The third-order valence-electron chi connectivity index (χ3n) is 3.37. The van der Waals surface area contributed by atoms with Crippen molar-refractivity contribution in [1.29, 1.82) is 0 Å². The third-order valence-corrected chi connectivity index (χ3v) is 4.49. The predicted molar refractivity (Wildman–Crippen MR) is 74.5 cm³/mol. The Morgan fingerprint density at radius 2 is 1.68 bits per heavy atom. The van der Waals surface area contributed by atoms with Crippen molar-refractivity contribution < 1.29 is 12.7 Å². The standard InChI is InChI=1S/C14H17NO3S/c1-10-4-7-13(8-5-10)19(16,17)18-15-14-9-6-11(2)12(14)3/h4-5,7-8H,6,9H2,1-3H3/b15-14-. The molecule has 1 aromatic carbocycles. The molecule has 0 saturated carbocycles. The molecule has 102 valence electrons. The highest BCUT2D eigenvalue weighted by atomic mass is 32.2.